The molecule has 0 atom stereocenters. The van der Waals surface area contributed by atoms with E-state index < -0.39 is 0 Å². The molecule has 0 aliphatic rings. The van der Waals surface area contributed by atoms with Crippen LogP contribution < -0.4 is 5.73 Å². The largest absolute Gasteiger partial charge is 0.325 e. The van der Waals surface area contributed by atoms with E-state index in [2.05, 4.69) is 27.1 Å². The first-order valence-electron chi connectivity index (χ1n) is 4.19. The molecule has 2 aromatic rings. The first-order valence-corrected chi connectivity index (χ1v) is 5.80. The Balaban J connectivity index is 2.51. The SMILES string of the molecule is Cn1ncc(-c2ccc(Br)s2)c1CN. The minimum absolute atomic E-state index is 0.515. The number of nitrogens with two attached hydrogens (primary N) is 1. The number of nitrogens with zero attached hydrogens (tertiary/aromatic N) is 2. The summed E-state index contributed by atoms with van der Waals surface area (Å²) in [5, 5.41) is 4.20. The van der Waals surface area contributed by atoms with Crippen molar-refractivity contribution in [3.8, 4) is 10.4 Å². The van der Waals surface area contributed by atoms with E-state index in [9.17, 15) is 0 Å². The predicted octanol–water partition coefficient (Wildman–Crippen LogP) is 2.37. The molecule has 0 radical (unpaired) electrons. The lowest BCUT2D eigenvalue weighted by Gasteiger charge is -2.00. The number of thiophene rings is 1. The summed E-state index contributed by atoms with van der Waals surface area (Å²) in [5.41, 5.74) is 7.87. The van der Waals surface area contributed by atoms with Gasteiger partial charge in [0, 0.05) is 24.0 Å². The average molecular weight is 272 g/mol. The van der Waals surface area contributed by atoms with Gasteiger partial charge in [-0.05, 0) is 28.1 Å². The molecule has 0 spiro atoms. The summed E-state index contributed by atoms with van der Waals surface area (Å²) in [7, 11) is 1.91. The van der Waals surface area contributed by atoms with Crippen LogP contribution in [0.2, 0.25) is 0 Å². The summed E-state index contributed by atoms with van der Waals surface area (Å²) in [6.45, 7) is 0.515. The Morgan fingerprint density at radius 2 is 2.36 bits per heavy atom. The van der Waals surface area contributed by atoms with Crippen molar-refractivity contribution in [2.75, 3.05) is 0 Å². The molecule has 0 amide bonds. The van der Waals surface area contributed by atoms with Crippen molar-refractivity contribution in [3.63, 3.8) is 0 Å². The van der Waals surface area contributed by atoms with Crippen LogP contribution in [0.1, 0.15) is 5.69 Å². The van der Waals surface area contributed by atoms with E-state index in [4.69, 9.17) is 5.73 Å². The molecule has 0 aliphatic carbocycles. The van der Waals surface area contributed by atoms with Gasteiger partial charge in [-0.3, -0.25) is 4.68 Å². The normalized spacial score (nSPS) is 10.8. The smallest absolute Gasteiger partial charge is 0.0705 e. The van der Waals surface area contributed by atoms with Crippen molar-refractivity contribution in [2.24, 2.45) is 12.8 Å². The first-order chi connectivity index (χ1) is 6.72. The van der Waals surface area contributed by atoms with E-state index >= 15 is 0 Å². The zero-order valence-electron chi connectivity index (χ0n) is 7.70. The van der Waals surface area contributed by atoms with E-state index in [1.54, 1.807) is 11.3 Å². The van der Waals surface area contributed by atoms with E-state index in [1.807, 2.05) is 24.0 Å². The maximum Gasteiger partial charge on any atom is 0.0705 e. The third kappa shape index (κ3) is 1.63. The highest BCUT2D eigenvalue weighted by Crippen LogP contribution is 2.32. The minimum Gasteiger partial charge on any atom is -0.325 e. The van der Waals surface area contributed by atoms with Crippen LogP contribution in [0.4, 0.5) is 0 Å². The molecule has 14 heavy (non-hydrogen) atoms. The highest BCUT2D eigenvalue weighted by molar-refractivity contribution is 9.11. The van der Waals surface area contributed by atoms with E-state index in [-0.39, 0.29) is 0 Å². The standard InChI is InChI=1S/C9H10BrN3S/c1-13-7(4-11)6(5-12-13)8-2-3-9(10)14-8/h2-3,5H,4,11H2,1H3. The van der Waals surface area contributed by atoms with Gasteiger partial charge in [-0.1, -0.05) is 0 Å². The average Bonchev–Trinajstić information content (AvgIpc) is 2.71. The molecule has 2 aromatic heterocycles. The Bertz CT molecular complexity index is 447. The van der Waals surface area contributed by atoms with Gasteiger partial charge in [-0.25, -0.2) is 0 Å². The molecular formula is C9H10BrN3S. The van der Waals surface area contributed by atoms with Gasteiger partial charge in [0.25, 0.3) is 0 Å². The van der Waals surface area contributed by atoms with Crippen LogP contribution in [0.25, 0.3) is 10.4 Å². The van der Waals surface area contributed by atoms with Gasteiger partial charge >= 0.3 is 0 Å². The van der Waals surface area contributed by atoms with Crippen molar-refractivity contribution in [2.45, 2.75) is 6.54 Å². The number of rotatable bonds is 2. The van der Waals surface area contributed by atoms with Gasteiger partial charge < -0.3 is 5.73 Å². The van der Waals surface area contributed by atoms with Gasteiger partial charge in [0.05, 0.1) is 15.7 Å². The maximum absolute atomic E-state index is 5.67. The van der Waals surface area contributed by atoms with E-state index in [1.165, 1.54) is 4.88 Å². The fourth-order valence-electron chi connectivity index (χ4n) is 1.37. The molecule has 2 heterocycles. The van der Waals surface area contributed by atoms with Crippen LogP contribution in [0.5, 0.6) is 0 Å². The van der Waals surface area contributed by atoms with Crippen molar-refractivity contribution in [1.29, 1.82) is 0 Å². The second kappa shape index (κ2) is 3.84. The van der Waals surface area contributed by atoms with Crippen LogP contribution in [0, 0.1) is 0 Å². The molecule has 0 aliphatic heterocycles. The quantitative estimate of drug-likeness (QED) is 0.912. The van der Waals surface area contributed by atoms with Crippen molar-refractivity contribution >= 4 is 27.3 Å². The lowest BCUT2D eigenvalue weighted by Crippen LogP contribution is -2.05. The lowest BCUT2D eigenvalue weighted by molar-refractivity contribution is 0.713. The molecule has 2 N–H and O–H groups in total. The summed E-state index contributed by atoms with van der Waals surface area (Å²) in [6.07, 6.45) is 1.86. The van der Waals surface area contributed by atoms with Crippen LogP contribution in [0.3, 0.4) is 0 Å². The molecule has 0 aromatic carbocycles. The number of halogens is 1. The van der Waals surface area contributed by atoms with E-state index in [0.717, 1.165) is 15.0 Å². The lowest BCUT2D eigenvalue weighted by atomic mass is 10.2. The van der Waals surface area contributed by atoms with Gasteiger partial charge in [0.1, 0.15) is 0 Å². The zero-order valence-corrected chi connectivity index (χ0v) is 10.1. The van der Waals surface area contributed by atoms with Crippen molar-refractivity contribution < 1.29 is 0 Å². The van der Waals surface area contributed by atoms with Crippen LogP contribution in [0.15, 0.2) is 22.1 Å². The highest BCUT2D eigenvalue weighted by atomic mass is 79.9. The Kier molecular flexibility index (Phi) is 2.71. The molecule has 0 saturated heterocycles. The number of aromatic nitrogens is 2. The van der Waals surface area contributed by atoms with Crippen LogP contribution in [-0.2, 0) is 13.6 Å². The summed E-state index contributed by atoms with van der Waals surface area (Å²) >= 11 is 5.13. The number of hydrogen-bond acceptors (Lipinski definition) is 3. The summed E-state index contributed by atoms with van der Waals surface area (Å²) < 4.78 is 2.95. The number of hydrogen-bond donors (Lipinski definition) is 1. The van der Waals surface area contributed by atoms with Gasteiger partial charge in [0.2, 0.25) is 0 Å². The molecule has 5 heteroatoms. The van der Waals surface area contributed by atoms with E-state index in [0.29, 0.717) is 6.54 Å². The van der Waals surface area contributed by atoms with Crippen molar-refractivity contribution in [1.82, 2.24) is 9.78 Å². The minimum atomic E-state index is 0.515. The van der Waals surface area contributed by atoms with Crippen LogP contribution >= 0.6 is 27.3 Å². The molecule has 0 unspecified atom stereocenters. The second-order valence-electron chi connectivity index (χ2n) is 2.94. The summed E-state index contributed by atoms with van der Waals surface area (Å²) in [4.78, 5) is 1.20. The van der Waals surface area contributed by atoms with Gasteiger partial charge in [0.15, 0.2) is 0 Å². The van der Waals surface area contributed by atoms with Gasteiger partial charge in [-0.15, -0.1) is 11.3 Å². The highest BCUT2D eigenvalue weighted by Gasteiger charge is 2.10. The molecule has 0 saturated carbocycles. The predicted molar refractivity (Wildman–Crippen MR) is 62.1 cm³/mol. The molecule has 3 nitrogen and oxygen atoms in total. The second-order valence-corrected chi connectivity index (χ2v) is 5.40. The summed E-state index contributed by atoms with van der Waals surface area (Å²) in [5.74, 6) is 0. The maximum atomic E-state index is 5.67. The fraction of sp³-hybridized carbons (Fsp3) is 0.222. The van der Waals surface area contributed by atoms with Crippen molar-refractivity contribution in [3.05, 3.63) is 27.8 Å². The Hall–Kier alpha value is -0.650. The topological polar surface area (TPSA) is 43.8 Å². The first kappa shape index (κ1) is 9.89. The molecule has 0 fully saturated rings. The third-order valence-corrected chi connectivity index (χ3v) is 3.75. The summed E-state index contributed by atoms with van der Waals surface area (Å²) in [6, 6.07) is 4.11. The van der Waals surface area contributed by atoms with Gasteiger partial charge in [-0.2, -0.15) is 5.10 Å². The third-order valence-electron chi connectivity index (χ3n) is 2.09. The zero-order chi connectivity index (χ0) is 10.1. The molecule has 2 rings (SSSR count). The number of aryl methyl sites for hydroxylation is 1. The molecule has 0 bridgehead atoms. The van der Waals surface area contributed by atoms with Crippen LogP contribution in [-0.4, -0.2) is 9.78 Å². The Morgan fingerprint density at radius 1 is 1.57 bits per heavy atom. The Morgan fingerprint density at radius 3 is 2.93 bits per heavy atom. The molecule has 74 valence electrons. The fourth-order valence-corrected chi connectivity index (χ4v) is 2.79. The molecular weight excluding hydrogens is 262 g/mol. The Labute approximate surface area is 94.7 Å². The monoisotopic (exact) mass is 271 g/mol.